The fraction of sp³-hybridized carbons (Fsp3) is 0.333. The van der Waals surface area contributed by atoms with E-state index in [1.807, 2.05) is 0 Å². The summed E-state index contributed by atoms with van der Waals surface area (Å²) >= 11 is 5.42. The van der Waals surface area contributed by atoms with Gasteiger partial charge >= 0.3 is 0 Å². The van der Waals surface area contributed by atoms with Gasteiger partial charge in [0, 0.05) is 6.42 Å². The van der Waals surface area contributed by atoms with Crippen LogP contribution in [0.15, 0.2) is 17.2 Å². The molecule has 1 heterocycles. The quantitative estimate of drug-likeness (QED) is 0.495. The summed E-state index contributed by atoms with van der Waals surface area (Å²) in [6, 6.07) is 0. The van der Waals surface area contributed by atoms with Gasteiger partial charge in [-0.25, -0.2) is 0 Å². The van der Waals surface area contributed by atoms with Gasteiger partial charge in [-0.3, -0.25) is 0 Å². The summed E-state index contributed by atoms with van der Waals surface area (Å²) in [5, 5.41) is 3.63. The molecule has 0 aliphatic rings. The first-order chi connectivity index (χ1) is 4.86. The molecule has 0 saturated carbocycles. The van der Waals surface area contributed by atoms with E-state index in [1.54, 1.807) is 6.08 Å². The van der Waals surface area contributed by atoms with Crippen LogP contribution in [0.4, 0.5) is 0 Å². The van der Waals surface area contributed by atoms with Crippen LogP contribution >= 0.6 is 11.6 Å². The van der Waals surface area contributed by atoms with Crippen LogP contribution in [0.3, 0.4) is 0 Å². The van der Waals surface area contributed by atoms with Crippen molar-refractivity contribution in [1.29, 1.82) is 0 Å². The van der Waals surface area contributed by atoms with Gasteiger partial charge in [-0.05, 0) is 0 Å². The molecule has 0 atom stereocenters. The highest BCUT2D eigenvalue weighted by Gasteiger charge is 2.01. The summed E-state index contributed by atoms with van der Waals surface area (Å²) < 4.78 is 4.73. The van der Waals surface area contributed by atoms with Gasteiger partial charge in [0.25, 0.3) is 0 Å². The molecular weight excluding hydrogens is 152 g/mol. The van der Waals surface area contributed by atoms with Gasteiger partial charge in [0.2, 0.25) is 5.89 Å². The van der Waals surface area contributed by atoms with E-state index in [1.165, 1.54) is 0 Å². The Bertz CT molecular complexity index is 221. The van der Waals surface area contributed by atoms with Crippen molar-refractivity contribution in [2.45, 2.75) is 12.3 Å². The average molecular weight is 159 g/mol. The molecule has 0 N–H and O–H groups in total. The molecule has 0 amide bonds. The summed E-state index contributed by atoms with van der Waals surface area (Å²) in [7, 11) is 0. The molecule has 0 aromatic carbocycles. The number of alkyl halides is 1. The summed E-state index contributed by atoms with van der Waals surface area (Å²) in [4.78, 5) is 3.94. The molecule has 54 valence electrons. The van der Waals surface area contributed by atoms with Crippen LogP contribution in [-0.4, -0.2) is 10.1 Å². The Balaban J connectivity index is 2.67. The molecule has 0 fully saturated rings. The first kappa shape index (κ1) is 7.28. The lowest BCUT2D eigenvalue weighted by molar-refractivity contribution is 0.385. The fourth-order valence-electron chi connectivity index (χ4n) is 0.556. The maximum atomic E-state index is 5.42. The molecule has 0 radical (unpaired) electrons. The number of rotatable bonds is 3. The van der Waals surface area contributed by atoms with Crippen molar-refractivity contribution >= 4 is 11.6 Å². The van der Waals surface area contributed by atoms with Gasteiger partial charge in [0.05, 0.1) is 0 Å². The first-order valence-electron chi connectivity index (χ1n) is 2.85. The number of nitrogens with zero attached hydrogens (tertiary/aromatic N) is 2. The number of allylic oxidation sites excluding steroid dienone is 1. The Morgan fingerprint density at radius 1 is 1.70 bits per heavy atom. The van der Waals surface area contributed by atoms with Crippen molar-refractivity contribution in [2.75, 3.05) is 0 Å². The predicted octanol–water partition coefficient (Wildman–Crippen LogP) is 1.54. The van der Waals surface area contributed by atoms with E-state index in [2.05, 4.69) is 16.7 Å². The molecule has 1 aromatic heterocycles. The lowest BCUT2D eigenvalue weighted by Crippen LogP contribution is -1.83. The molecule has 1 aromatic rings. The standard InChI is InChI=1S/C6H7ClN2O/c1-2-3-5-8-6(4-7)10-9-5/h2H,1,3-4H2. The largest absolute Gasteiger partial charge is 0.338 e. The lowest BCUT2D eigenvalue weighted by Gasteiger charge is -1.78. The van der Waals surface area contributed by atoms with Crippen molar-refractivity contribution in [3.8, 4) is 0 Å². The molecule has 0 aliphatic heterocycles. The molecular formula is C6H7ClN2O. The van der Waals surface area contributed by atoms with E-state index in [0.29, 0.717) is 18.1 Å². The highest BCUT2D eigenvalue weighted by atomic mass is 35.5. The normalized spacial score (nSPS) is 9.70. The summed E-state index contributed by atoms with van der Waals surface area (Å²) in [6.45, 7) is 3.54. The Kier molecular flexibility index (Phi) is 2.45. The summed E-state index contributed by atoms with van der Waals surface area (Å²) in [5.74, 6) is 1.36. The van der Waals surface area contributed by atoms with Crippen molar-refractivity contribution in [2.24, 2.45) is 0 Å². The third kappa shape index (κ3) is 1.57. The maximum absolute atomic E-state index is 5.42. The Hall–Kier alpha value is -0.830. The Morgan fingerprint density at radius 3 is 3.00 bits per heavy atom. The van der Waals surface area contributed by atoms with E-state index >= 15 is 0 Å². The third-order valence-corrected chi connectivity index (χ3v) is 1.18. The van der Waals surface area contributed by atoms with E-state index in [-0.39, 0.29) is 5.88 Å². The first-order valence-corrected chi connectivity index (χ1v) is 3.38. The lowest BCUT2D eigenvalue weighted by atomic mass is 10.4. The monoisotopic (exact) mass is 158 g/mol. The zero-order chi connectivity index (χ0) is 7.40. The Morgan fingerprint density at radius 2 is 2.50 bits per heavy atom. The zero-order valence-electron chi connectivity index (χ0n) is 5.38. The van der Waals surface area contributed by atoms with Crippen molar-refractivity contribution < 1.29 is 4.52 Å². The highest BCUT2D eigenvalue weighted by molar-refractivity contribution is 6.16. The SMILES string of the molecule is C=CCc1noc(CCl)n1. The smallest absolute Gasteiger partial charge is 0.241 e. The van der Waals surface area contributed by atoms with Crippen LogP contribution in [-0.2, 0) is 12.3 Å². The average Bonchev–Trinajstić information content (AvgIpc) is 2.37. The minimum Gasteiger partial charge on any atom is -0.338 e. The molecule has 0 bridgehead atoms. The predicted molar refractivity (Wildman–Crippen MR) is 37.8 cm³/mol. The van der Waals surface area contributed by atoms with Crippen molar-refractivity contribution in [3.05, 3.63) is 24.4 Å². The van der Waals surface area contributed by atoms with E-state index in [4.69, 9.17) is 16.1 Å². The molecule has 3 nitrogen and oxygen atoms in total. The van der Waals surface area contributed by atoms with Crippen LogP contribution in [0, 0.1) is 0 Å². The maximum Gasteiger partial charge on any atom is 0.241 e. The van der Waals surface area contributed by atoms with E-state index in [9.17, 15) is 0 Å². The van der Waals surface area contributed by atoms with Gasteiger partial charge < -0.3 is 4.52 Å². The van der Waals surface area contributed by atoms with E-state index in [0.717, 1.165) is 0 Å². The van der Waals surface area contributed by atoms with Gasteiger partial charge in [0.1, 0.15) is 5.88 Å². The van der Waals surface area contributed by atoms with Crippen molar-refractivity contribution in [1.82, 2.24) is 10.1 Å². The molecule has 10 heavy (non-hydrogen) atoms. The van der Waals surface area contributed by atoms with E-state index < -0.39 is 0 Å². The minimum absolute atomic E-state index is 0.268. The number of aromatic nitrogens is 2. The number of halogens is 1. The molecule has 4 heteroatoms. The van der Waals surface area contributed by atoms with Crippen LogP contribution < -0.4 is 0 Å². The third-order valence-electron chi connectivity index (χ3n) is 0.951. The highest BCUT2D eigenvalue weighted by Crippen LogP contribution is 2.00. The van der Waals surface area contributed by atoms with Gasteiger partial charge in [-0.2, -0.15) is 4.98 Å². The Labute approximate surface area is 63.7 Å². The zero-order valence-corrected chi connectivity index (χ0v) is 6.14. The van der Waals surface area contributed by atoms with Crippen LogP contribution in [0.5, 0.6) is 0 Å². The summed E-state index contributed by atoms with van der Waals surface area (Å²) in [5.41, 5.74) is 0. The minimum atomic E-state index is 0.268. The number of hydrogen-bond acceptors (Lipinski definition) is 3. The molecule has 0 saturated heterocycles. The molecule has 0 unspecified atom stereocenters. The number of hydrogen-bond donors (Lipinski definition) is 0. The van der Waals surface area contributed by atoms with Crippen molar-refractivity contribution in [3.63, 3.8) is 0 Å². The molecule has 0 aliphatic carbocycles. The second-order valence-electron chi connectivity index (χ2n) is 1.73. The second kappa shape index (κ2) is 3.37. The van der Waals surface area contributed by atoms with Crippen LogP contribution in [0.2, 0.25) is 0 Å². The molecule has 0 spiro atoms. The fourth-order valence-corrected chi connectivity index (χ4v) is 0.665. The topological polar surface area (TPSA) is 38.9 Å². The van der Waals surface area contributed by atoms with Gasteiger partial charge in [-0.15, -0.1) is 18.2 Å². The van der Waals surface area contributed by atoms with Gasteiger partial charge in [0.15, 0.2) is 5.82 Å². The second-order valence-corrected chi connectivity index (χ2v) is 2.00. The summed E-state index contributed by atoms with van der Waals surface area (Å²) in [6.07, 6.45) is 2.34. The molecule has 1 rings (SSSR count). The van der Waals surface area contributed by atoms with Crippen LogP contribution in [0.1, 0.15) is 11.7 Å². The van der Waals surface area contributed by atoms with Crippen LogP contribution in [0.25, 0.3) is 0 Å². The van der Waals surface area contributed by atoms with Gasteiger partial charge in [-0.1, -0.05) is 11.2 Å².